The van der Waals surface area contributed by atoms with Crippen LogP contribution in [0.1, 0.15) is 43.0 Å². The number of aromatic nitrogens is 2. The summed E-state index contributed by atoms with van der Waals surface area (Å²) in [7, 11) is 0. The fourth-order valence-electron chi connectivity index (χ4n) is 3.65. The number of aromatic amines is 1. The van der Waals surface area contributed by atoms with Gasteiger partial charge in [0.15, 0.2) is 0 Å². The second-order valence-corrected chi connectivity index (χ2v) is 6.43. The highest BCUT2D eigenvalue weighted by atomic mass is 16.5. The number of nitrogens with one attached hydrogen (secondary N) is 1. The second-order valence-electron chi connectivity index (χ2n) is 6.43. The van der Waals surface area contributed by atoms with E-state index in [1.54, 1.807) is 0 Å². The molecular weight excluding hydrogens is 278 g/mol. The number of fused-ring (bicyclic) bond motifs is 1. The molecule has 4 rings (SSSR count). The Bertz CT molecular complexity index is 640. The van der Waals surface area contributed by atoms with Gasteiger partial charge in [-0.25, -0.2) is 4.98 Å². The summed E-state index contributed by atoms with van der Waals surface area (Å²) in [5.41, 5.74) is 3.49. The van der Waals surface area contributed by atoms with Crippen LogP contribution in [0.2, 0.25) is 0 Å². The average molecular weight is 301 g/mol. The van der Waals surface area contributed by atoms with E-state index in [1.165, 1.54) is 16.6 Å². The van der Waals surface area contributed by atoms with E-state index in [0.29, 0.717) is 0 Å². The third-order valence-electron chi connectivity index (χ3n) is 4.90. The zero-order chi connectivity index (χ0) is 14.9. The molecule has 2 aliphatic rings. The van der Waals surface area contributed by atoms with E-state index in [1.807, 2.05) is 12.3 Å². The Morgan fingerprint density at radius 2 is 2.18 bits per heavy atom. The van der Waals surface area contributed by atoms with Crippen LogP contribution in [0, 0.1) is 0 Å². The number of aliphatic hydroxyl groups is 1. The number of pyridine rings is 1. The number of hydrogen-bond acceptors (Lipinski definition) is 4. The summed E-state index contributed by atoms with van der Waals surface area (Å²) in [4.78, 5) is 10.4. The van der Waals surface area contributed by atoms with Crippen LogP contribution < -0.4 is 0 Å². The molecule has 5 heteroatoms. The lowest BCUT2D eigenvalue weighted by atomic mass is 10.0. The SMILES string of the molecule is OC1CCN(Cc2c([C@H]3CCCO3)[nH]c3ncccc23)CC1. The van der Waals surface area contributed by atoms with E-state index in [-0.39, 0.29) is 12.2 Å². The molecule has 2 aromatic rings. The third kappa shape index (κ3) is 2.64. The lowest BCUT2D eigenvalue weighted by molar-refractivity contribution is 0.0776. The van der Waals surface area contributed by atoms with E-state index in [4.69, 9.17) is 4.74 Å². The van der Waals surface area contributed by atoms with Crippen LogP contribution >= 0.6 is 0 Å². The number of likely N-dealkylation sites (tertiary alicyclic amines) is 1. The van der Waals surface area contributed by atoms with E-state index in [9.17, 15) is 5.11 Å². The molecule has 2 saturated heterocycles. The van der Waals surface area contributed by atoms with Crippen molar-refractivity contribution in [1.82, 2.24) is 14.9 Å². The minimum Gasteiger partial charge on any atom is -0.393 e. The minimum atomic E-state index is -0.126. The van der Waals surface area contributed by atoms with Gasteiger partial charge in [0.05, 0.1) is 17.9 Å². The summed E-state index contributed by atoms with van der Waals surface area (Å²) in [6.07, 6.45) is 5.84. The normalized spacial score (nSPS) is 24.3. The lowest BCUT2D eigenvalue weighted by Crippen LogP contribution is -2.35. The van der Waals surface area contributed by atoms with Crippen LogP contribution in [0.15, 0.2) is 18.3 Å². The van der Waals surface area contributed by atoms with Gasteiger partial charge in [0.1, 0.15) is 5.65 Å². The van der Waals surface area contributed by atoms with Gasteiger partial charge in [-0.05, 0) is 43.4 Å². The largest absolute Gasteiger partial charge is 0.393 e. The third-order valence-corrected chi connectivity index (χ3v) is 4.90. The van der Waals surface area contributed by atoms with Gasteiger partial charge >= 0.3 is 0 Å². The molecule has 2 aromatic heterocycles. The monoisotopic (exact) mass is 301 g/mol. The number of ether oxygens (including phenoxy) is 1. The Hall–Kier alpha value is -1.43. The van der Waals surface area contributed by atoms with Gasteiger partial charge in [0, 0.05) is 37.8 Å². The highest BCUT2D eigenvalue weighted by Crippen LogP contribution is 2.34. The molecular formula is C17H23N3O2. The number of hydrogen-bond donors (Lipinski definition) is 2. The van der Waals surface area contributed by atoms with Gasteiger partial charge in [-0.15, -0.1) is 0 Å². The number of rotatable bonds is 3. The maximum absolute atomic E-state index is 9.69. The van der Waals surface area contributed by atoms with Crippen LogP contribution in [0.4, 0.5) is 0 Å². The number of nitrogens with zero attached hydrogens (tertiary/aromatic N) is 2. The second kappa shape index (κ2) is 5.99. The molecule has 22 heavy (non-hydrogen) atoms. The molecule has 2 fully saturated rings. The number of H-pyrrole nitrogens is 1. The Labute approximate surface area is 130 Å². The lowest BCUT2D eigenvalue weighted by Gasteiger charge is -2.29. The Morgan fingerprint density at radius 3 is 2.95 bits per heavy atom. The summed E-state index contributed by atoms with van der Waals surface area (Å²) in [5.74, 6) is 0. The quantitative estimate of drug-likeness (QED) is 0.913. The van der Waals surface area contributed by atoms with Crippen molar-refractivity contribution in [2.24, 2.45) is 0 Å². The van der Waals surface area contributed by atoms with Gasteiger partial charge in [0.25, 0.3) is 0 Å². The van der Waals surface area contributed by atoms with Gasteiger partial charge in [-0.2, -0.15) is 0 Å². The molecule has 0 spiro atoms. The molecule has 5 nitrogen and oxygen atoms in total. The molecule has 0 bridgehead atoms. The standard InChI is InChI=1S/C17H23N3O2/c21-12-5-8-20(9-6-12)11-14-13-3-1-7-18-17(13)19-16(14)15-4-2-10-22-15/h1,3,7,12,15,21H,2,4-6,8-11H2,(H,18,19)/t15-/m1/s1. The van der Waals surface area contributed by atoms with Gasteiger partial charge in [-0.1, -0.05) is 0 Å². The molecule has 0 saturated carbocycles. The Morgan fingerprint density at radius 1 is 1.32 bits per heavy atom. The van der Waals surface area contributed by atoms with Crippen molar-refractivity contribution in [2.75, 3.05) is 19.7 Å². The summed E-state index contributed by atoms with van der Waals surface area (Å²) in [5, 5.41) is 10.9. The highest BCUT2D eigenvalue weighted by Gasteiger charge is 2.26. The topological polar surface area (TPSA) is 61.4 Å². The van der Waals surface area contributed by atoms with Crippen molar-refractivity contribution >= 4 is 11.0 Å². The zero-order valence-electron chi connectivity index (χ0n) is 12.8. The summed E-state index contributed by atoms with van der Waals surface area (Å²) in [6, 6.07) is 4.14. The Kier molecular flexibility index (Phi) is 3.86. The van der Waals surface area contributed by atoms with Gasteiger partial charge in [0.2, 0.25) is 0 Å². The first-order valence-electron chi connectivity index (χ1n) is 8.29. The summed E-state index contributed by atoms with van der Waals surface area (Å²) in [6.45, 7) is 3.68. The van der Waals surface area contributed by atoms with Crippen molar-refractivity contribution in [3.05, 3.63) is 29.6 Å². The first-order chi connectivity index (χ1) is 10.8. The van der Waals surface area contributed by atoms with Crippen LogP contribution in [-0.2, 0) is 11.3 Å². The fraction of sp³-hybridized carbons (Fsp3) is 0.588. The van der Waals surface area contributed by atoms with Crippen molar-refractivity contribution in [3.63, 3.8) is 0 Å². The van der Waals surface area contributed by atoms with Crippen molar-refractivity contribution in [2.45, 2.75) is 44.4 Å². The van der Waals surface area contributed by atoms with Crippen LogP contribution in [0.3, 0.4) is 0 Å². The minimum absolute atomic E-state index is 0.126. The molecule has 0 aliphatic carbocycles. The Balaban J connectivity index is 1.66. The highest BCUT2D eigenvalue weighted by molar-refractivity contribution is 5.81. The molecule has 0 amide bonds. The molecule has 0 aromatic carbocycles. The van der Waals surface area contributed by atoms with Gasteiger partial charge < -0.3 is 14.8 Å². The van der Waals surface area contributed by atoms with E-state index >= 15 is 0 Å². The molecule has 4 heterocycles. The van der Waals surface area contributed by atoms with Crippen molar-refractivity contribution in [1.29, 1.82) is 0 Å². The first kappa shape index (κ1) is 14.2. The maximum Gasteiger partial charge on any atom is 0.137 e. The zero-order valence-corrected chi connectivity index (χ0v) is 12.8. The first-order valence-corrected chi connectivity index (χ1v) is 8.29. The fourth-order valence-corrected chi connectivity index (χ4v) is 3.65. The maximum atomic E-state index is 9.69. The molecule has 2 aliphatic heterocycles. The molecule has 0 radical (unpaired) electrons. The summed E-state index contributed by atoms with van der Waals surface area (Å²) < 4.78 is 5.90. The molecule has 118 valence electrons. The van der Waals surface area contributed by atoms with Crippen LogP contribution in [0.25, 0.3) is 11.0 Å². The smallest absolute Gasteiger partial charge is 0.137 e. The van der Waals surface area contributed by atoms with E-state index < -0.39 is 0 Å². The number of piperidine rings is 1. The van der Waals surface area contributed by atoms with Crippen molar-refractivity contribution in [3.8, 4) is 0 Å². The molecule has 2 N–H and O–H groups in total. The van der Waals surface area contributed by atoms with Gasteiger partial charge in [-0.3, -0.25) is 4.90 Å². The predicted octanol–water partition coefficient (Wildman–Crippen LogP) is 2.37. The average Bonchev–Trinajstić information content (AvgIpc) is 3.18. The van der Waals surface area contributed by atoms with E-state index in [2.05, 4.69) is 20.9 Å². The molecule has 1 atom stereocenters. The van der Waals surface area contributed by atoms with Crippen molar-refractivity contribution < 1.29 is 9.84 Å². The molecule has 0 unspecified atom stereocenters. The number of aliphatic hydroxyl groups excluding tert-OH is 1. The predicted molar refractivity (Wildman–Crippen MR) is 84.5 cm³/mol. The van der Waals surface area contributed by atoms with E-state index in [0.717, 1.165) is 57.6 Å². The van der Waals surface area contributed by atoms with Crippen LogP contribution in [0.5, 0.6) is 0 Å². The van der Waals surface area contributed by atoms with Crippen LogP contribution in [-0.4, -0.2) is 45.8 Å². The summed E-state index contributed by atoms with van der Waals surface area (Å²) >= 11 is 0.